The Morgan fingerprint density at radius 3 is 2.30 bits per heavy atom. The highest BCUT2D eigenvalue weighted by Crippen LogP contribution is 2.26. The maximum Gasteiger partial charge on any atom is 0.414 e. The van der Waals surface area contributed by atoms with Crippen molar-refractivity contribution in [3.8, 4) is 0 Å². The summed E-state index contributed by atoms with van der Waals surface area (Å²) in [5, 5.41) is 9.02. The van der Waals surface area contributed by atoms with E-state index in [2.05, 4.69) is 0 Å². The molecule has 2 fully saturated rings. The van der Waals surface area contributed by atoms with Gasteiger partial charge < -0.3 is 14.7 Å². The molecule has 2 aliphatic heterocycles. The van der Waals surface area contributed by atoms with E-state index in [1.54, 1.807) is 17.0 Å². The van der Waals surface area contributed by atoms with E-state index in [9.17, 15) is 9.59 Å². The average Bonchev–Trinajstić information content (AvgIpc) is 3.05. The Labute approximate surface area is 116 Å². The second-order valence-electron chi connectivity index (χ2n) is 4.96. The minimum atomic E-state index is -0.470. The average molecular weight is 276 g/mol. The van der Waals surface area contributed by atoms with Crippen LogP contribution in [0.4, 0.5) is 16.2 Å². The summed E-state index contributed by atoms with van der Waals surface area (Å²) < 4.78 is 5.00. The molecule has 0 aliphatic carbocycles. The third kappa shape index (κ3) is 2.22. The van der Waals surface area contributed by atoms with Crippen LogP contribution in [0, 0.1) is 0 Å². The van der Waals surface area contributed by atoms with Gasteiger partial charge in [0, 0.05) is 24.3 Å². The highest BCUT2D eigenvalue weighted by Gasteiger charge is 2.32. The largest absolute Gasteiger partial charge is 0.441 e. The fourth-order valence-electron chi connectivity index (χ4n) is 2.56. The fourth-order valence-corrected chi connectivity index (χ4v) is 2.56. The number of amides is 2. The maximum absolute atomic E-state index is 11.7. The maximum atomic E-state index is 11.7. The molecule has 1 aromatic carbocycles. The molecule has 0 radical (unpaired) electrons. The van der Waals surface area contributed by atoms with Crippen LogP contribution in [-0.2, 0) is 9.53 Å². The van der Waals surface area contributed by atoms with Gasteiger partial charge in [-0.15, -0.1) is 0 Å². The summed E-state index contributed by atoms with van der Waals surface area (Å²) in [5.74, 6) is 0.138. The smallest absolute Gasteiger partial charge is 0.414 e. The van der Waals surface area contributed by atoms with Crippen molar-refractivity contribution >= 4 is 23.4 Å². The van der Waals surface area contributed by atoms with Crippen molar-refractivity contribution in [2.45, 2.75) is 18.9 Å². The van der Waals surface area contributed by atoms with Crippen molar-refractivity contribution in [2.24, 2.45) is 0 Å². The number of cyclic esters (lactones) is 1. The highest BCUT2D eigenvalue weighted by atomic mass is 16.6. The molecule has 0 saturated carbocycles. The zero-order valence-electron chi connectivity index (χ0n) is 11.0. The fraction of sp³-hybridized carbons (Fsp3) is 0.429. The van der Waals surface area contributed by atoms with Crippen molar-refractivity contribution < 1.29 is 19.4 Å². The van der Waals surface area contributed by atoms with Gasteiger partial charge in [0.15, 0.2) is 0 Å². The number of ether oxygens (including phenoxy) is 1. The molecule has 0 unspecified atom stereocenters. The molecule has 0 bridgehead atoms. The molecule has 6 nitrogen and oxygen atoms in total. The van der Waals surface area contributed by atoms with Crippen molar-refractivity contribution in [3.63, 3.8) is 0 Å². The van der Waals surface area contributed by atoms with E-state index in [4.69, 9.17) is 9.84 Å². The minimum absolute atomic E-state index is 0.138. The summed E-state index contributed by atoms with van der Waals surface area (Å²) in [5.41, 5.74) is 1.56. The quantitative estimate of drug-likeness (QED) is 0.898. The third-order valence-corrected chi connectivity index (χ3v) is 3.62. The zero-order chi connectivity index (χ0) is 14.1. The Morgan fingerprint density at radius 1 is 1.15 bits per heavy atom. The van der Waals surface area contributed by atoms with Crippen LogP contribution in [0.1, 0.15) is 12.8 Å². The van der Waals surface area contributed by atoms with Crippen LogP contribution in [0.15, 0.2) is 24.3 Å². The van der Waals surface area contributed by atoms with Crippen LogP contribution in [0.5, 0.6) is 0 Å². The summed E-state index contributed by atoms with van der Waals surface area (Å²) in [6, 6.07) is 7.25. The molecule has 0 aromatic heterocycles. The number of rotatable bonds is 3. The summed E-state index contributed by atoms with van der Waals surface area (Å²) in [7, 11) is 0. The van der Waals surface area contributed by atoms with Crippen molar-refractivity contribution in [2.75, 3.05) is 29.5 Å². The molecule has 1 aromatic rings. The van der Waals surface area contributed by atoms with Gasteiger partial charge in [-0.1, -0.05) is 0 Å². The summed E-state index contributed by atoms with van der Waals surface area (Å²) >= 11 is 0. The third-order valence-electron chi connectivity index (χ3n) is 3.62. The molecule has 1 atom stereocenters. The molecule has 106 valence electrons. The summed E-state index contributed by atoms with van der Waals surface area (Å²) in [6.45, 7) is 0.913. The van der Waals surface area contributed by atoms with E-state index in [0.29, 0.717) is 18.7 Å². The van der Waals surface area contributed by atoms with Gasteiger partial charge in [-0.05, 0) is 30.7 Å². The number of hydrogen-bond donors (Lipinski definition) is 1. The first-order chi connectivity index (χ1) is 9.69. The highest BCUT2D eigenvalue weighted by molar-refractivity contribution is 5.96. The number of aliphatic hydroxyl groups excluding tert-OH is 1. The monoisotopic (exact) mass is 276 g/mol. The van der Waals surface area contributed by atoms with Crippen LogP contribution in [0.2, 0.25) is 0 Å². The van der Waals surface area contributed by atoms with E-state index >= 15 is 0 Å². The second-order valence-corrected chi connectivity index (χ2v) is 4.96. The molecule has 1 N–H and O–H groups in total. The van der Waals surface area contributed by atoms with E-state index in [0.717, 1.165) is 18.7 Å². The van der Waals surface area contributed by atoms with Gasteiger partial charge in [0.2, 0.25) is 5.91 Å². The Balaban J connectivity index is 1.76. The normalized spacial score (nSPS) is 22.6. The van der Waals surface area contributed by atoms with Crippen molar-refractivity contribution in [3.05, 3.63) is 24.3 Å². The number of carbonyl (C=O) groups is 2. The van der Waals surface area contributed by atoms with Crippen LogP contribution in [0.3, 0.4) is 0 Å². The molecule has 2 amide bonds. The van der Waals surface area contributed by atoms with Gasteiger partial charge in [0.05, 0.1) is 13.2 Å². The molecule has 0 spiro atoms. The van der Waals surface area contributed by atoms with E-state index in [1.165, 1.54) is 4.90 Å². The lowest BCUT2D eigenvalue weighted by atomic mass is 10.2. The van der Waals surface area contributed by atoms with Gasteiger partial charge in [-0.25, -0.2) is 4.79 Å². The van der Waals surface area contributed by atoms with Gasteiger partial charge in [-0.3, -0.25) is 9.69 Å². The number of carbonyl (C=O) groups excluding carboxylic acids is 2. The number of hydrogen-bond acceptors (Lipinski definition) is 4. The SMILES string of the molecule is O=C1CCCN1c1ccc(N2C[C@H](CO)OC2=O)cc1. The van der Waals surface area contributed by atoms with Gasteiger partial charge >= 0.3 is 6.09 Å². The second kappa shape index (κ2) is 5.13. The molecular formula is C14H16N2O4. The van der Waals surface area contributed by atoms with E-state index in [1.807, 2.05) is 12.1 Å². The summed E-state index contributed by atoms with van der Waals surface area (Å²) in [6.07, 6.45) is 0.562. The van der Waals surface area contributed by atoms with Crippen molar-refractivity contribution in [1.29, 1.82) is 0 Å². The molecule has 2 aliphatic rings. The molecule has 20 heavy (non-hydrogen) atoms. The zero-order valence-corrected chi connectivity index (χ0v) is 11.0. The Morgan fingerprint density at radius 2 is 1.80 bits per heavy atom. The predicted octanol–water partition coefficient (Wildman–Crippen LogP) is 1.13. The summed E-state index contributed by atoms with van der Waals surface area (Å²) in [4.78, 5) is 26.6. The topological polar surface area (TPSA) is 70.1 Å². The molecular weight excluding hydrogens is 260 g/mol. The van der Waals surface area contributed by atoms with Crippen LogP contribution < -0.4 is 9.80 Å². The minimum Gasteiger partial charge on any atom is -0.441 e. The first kappa shape index (κ1) is 12.9. The Kier molecular flexibility index (Phi) is 3.31. The lowest BCUT2D eigenvalue weighted by molar-refractivity contribution is -0.117. The lowest BCUT2D eigenvalue weighted by Crippen LogP contribution is -2.26. The van der Waals surface area contributed by atoms with Crippen molar-refractivity contribution in [1.82, 2.24) is 0 Å². The number of aliphatic hydroxyl groups is 1. The molecule has 6 heteroatoms. The van der Waals surface area contributed by atoms with Crippen LogP contribution >= 0.6 is 0 Å². The number of benzene rings is 1. The first-order valence-electron chi connectivity index (χ1n) is 6.68. The van der Waals surface area contributed by atoms with E-state index in [-0.39, 0.29) is 12.5 Å². The number of anilines is 2. The van der Waals surface area contributed by atoms with Crippen LogP contribution in [0.25, 0.3) is 0 Å². The predicted molar refractivity (Wildman–Crippen MR) is 72.7 cm³/mol. The molecule has 3 rings (SSSR count). The standard InChI is InChI=1S/C14H16N2O4/c17-9-12-8-16(14(19)20-12)11-5-3-10(4-6-11)15-7-1-2-13(15)18/h3-6,12,17H,1-2,7-9H2/t12-/m1/s1. The molecule has 2 heterocycles. The van der Waals surface area contributed by atoms with E-state index < -0.39 is 12.2 Å². The van der Waals surface area contributed by atoms with Gasteiger partial charge in [0.1, 0.15) is 6.10 Å². The first-order valence-corrected chi connectivity index (χ1v) is 6.68. The number of nitrogens with zero attached hydrogens (tertiary/aromatic N) is 2. The van der Waals surface area contributed by atoms with Crippen LogP contribution in [-0.4, -0.2) is 42.9 Å². The Bertz CT molecular complexity index is 528. The van der Waals surface area contributed by atoms with Gasteiger partial charge in [-0.2, -0.15) is 0 Å². The molecule has 2 saturated heterocycles. The Hall–Kier alpha value is -2.08. The van der Waals surface area contributed by atoms with Gasteiger partial charge in [0.25, 0.3) is 0 Å². The lowest BCUT2D eigenvalue weighted by Gasteiger charge is -2.18.